The van der Waals surface area contributed by atoms with Crippen molar-refractivity contribution in [1.29, 1.82) is 0 Å². The van der Waals surface area contributed by atoms with E-state index in [1.165, 1.54) is 12.1 Å². The Morgan fingerprint density at radius 1 is 0.909 bits per heavy atom. The molecule has 0 unspecified atom stereocenters. The minimum Gasteiger partial charge on any atom is -0.490 e. The third-order valence-corrected chi connectivity index (χ3v) is 7.93. The number of aromatic nitrogens is 1. The van der Waals surface area contributed by atoms with Crippen molar-refractivity contribution in [3.05, 3.63) is 107 Å². The first-order valence-electron chi connectivity index (χ1n) is 14.3. The molecule has 1 saturated carbocycles. The van der Waals surface area contributed by atoms with Gasteiger partial charge in [-0.15, -0.1) is 0 Å². The van der Waals surface area contributed by atoms with E-state index in [0.717, 1.165) is 52.2 Å². The van der Waals surface area contributed by atoms with Crippen LogP contribution in [0.15, 0.2) is 72.8 Å². The molecular formula is C35H33F2NO6. The monoisotopic (exact) mass is 601 g/mol. The number of carboxylic acids is 2. The number of aliphatic carboxylic acids is 2. The van der Waals surface area contributed by atoms with E-state index >= 15 is 0 Å². The lowest BCUT2D eigenvalue weighted by atomic mass is 9.91. The van der Waals surface area contributed by atoms with Crippen LogP contribution in [0.1, 0.15) is 41.6 Å². The zero-order chi connectivity index (χ0) is 31.3. The predicted molar refractivity (Wildman–Crippen MR) is 164 cm³/mol. The topological polar surface area (TPSA) is 98.0 Å². The van der Waals surface area contributed by atoms with Crippen molar-refractivity contribution in [3.63, 3.8) is 0 Å². The van der Waals surface area contributed by atoms with Gasteiger partial charge in [-0.25, -0.2) is 4.39 Å². The highest BCUT2D eigenvalue weighted by molar-refractivity contribution is 5.95. The number of benzene rings is 3. The lowest BCUT2D eigenvalue weighted by Crippen LogP contribution is -2.13. The van der Waals surface area contributed by atoms with Gasteiger partial charge in [0.05, 0.1) is 11.9 Å². The van der Waals surface area contributed by atoms with Crippen molar-refractivity contribution in [2.45, 2.75) is 39.2 Å². The van der Waals surface area contributed by atoms with Crippen LogP contribution in [0, 0.1) is 24.0 Å². The van der Waals surface area contributed by atoms with Crippen LogP contribution >= 0.6 is 0 Å². The summed E-state index contributed by atoms with van der Waals surface area (Å²) in [5.74, 6) is -3.23. The van der Waals surface area contributed by atoms with Crippen LogP contribution < -0.4 is 9.47 Å². The van der Waals surface area contributed by atoms with E-state index in [1.54, 1.807) is 12.2 Å². The minimum absolute atomic E-state index is 0.0697. The van der Waals surface area contributed by atoms with Crippen molar-refractivity contribution in [1.82, 2.24) is 4.57 Å². The smallest absolute Gasteiger partial charge is 0.323 e. The van der Waals surface area contributed by atoms with Gasteiger partial charge in [0.15, 0.2) is 11.6 Å². The van der Waals surface area contributed by atoms with E-state index in [0.29, 0.717) is 12.2 Å². The summed E-state index contributed by atoms with van der Waals surface area (Å²) in [7, 11) is 0. The van der Waals surface area contributed by atoms with Gasteiger partial charge in [-0.2, -0.15) is 4.39 Å². The molecule has 4 aromatic rings. The summed E-state index contributed by atoms with van der Waals surface area (Å²) in [6, 6.07) is 17.1. The average Bonchev–Trinajstić information content (AvgIpc) is 3.70. The molecule has 0 aliphatic heterocycles. The largest absolute Gasteiger partial charge is 0.490 e. The van der Waals surface area contributed by atoms with E-state index in [9.17, 15) is 28.6 Å². The van der Waals surface area contributed by atoms with Gasteiger partial charge in [0.25, 0.3) is 0 Å². The van der Waals surface area contributed by atoms with E-state index in [4.69, 9.17) is 9.47 Å². The number of nitrogens with zero attached hydrogens (tertiary/aromatic N) is 1. The fourth-order valence-electron chi connectivity index (χ4n) is 5.49. The quantitative estimate of drug-likeness (QED) is 0.116. The number of carboxylic acid groups (broad SMARTS) is 2. The molecule has 0 radical (unpaired) electrons. The zero-order valence-corrected chi connectivity index (χ0v) is 24.3. The maximum absolute atomic E-state index is 13.6. The summed E-state index contributed by atoms with van der Waals surface area (Å²) in [4.78, 5) is 23.2. The van der Waals surface area contributed by atoms with E-state index < -0.39 is 23.6 Å². The van der Waals surface area contributed by atoms with E-state index in [2.05, 4.69) is 0 Å². The molecule has 0 amide bonds. The number of carbonyl (C=O) groups is 2. The van der Waals surface area contributed by atoms with Crippen molar-refractivity contribution < 1.29 is 38.1 Å². The summed E-state index contributed by atoms with van der Waals surface area (Å²) in [6.07, 6.45) is 9.71. The van der Waals surface area contributed by atoms with Gasteiger partial charge in [0.1, 0.15) is 25.5 Å². The summed E-state index contributed by atoms with van der Waals surface area (Å²) in [5, 5.41) is 20.0. The molecule has 1 aliphatic carbocycles. The van der Waals surface area contributed by atoms with Crippen LogP contribution in [-0.2, 0) is 22.6 Å². The SMILES string of the molecule is Cc1c(CC2(CC(=O)O)CC2)c2cccc(C=Cc3ccc(OCC=CCOc4cccc(F)c4F)cc3)c2n1CC(=O)O. The molecule has 0 bridgehead atoms. The number of rotatable bonds is 14. The van der Waals surface area contributed by atoms with Crippen LogP contribution in [0.2, 0.25) is 0 Å². The number of fused-ring (bicyclic) bond motifs is 1. The lowest BCUT2D eigenvalue weighted by molar-refractivity contribution is -0.139. The molecule has 228 valence electrons. The van der Waals surface area contributed by atoms with Gasteiger partial charge in [0.2, 0.25) is 5.82 Å². The third-order valence-electron chi connectivity index (χ3n) is 7.93. The normalized spacial score (nSPS) is 14.0. The summed E-state index contributed by atoms with van der Waals surface area (Å²) in [5.41, 5.74) is 4.21. The first-order chi connectivity index (χ1) is 21.2. The Hall–Kier alpha value is -4.92. The molecular weight excluding hydrogens is 568 g/mol. The van der Waals surface area contributed by atoms with Crippen LogP contribution in [0.5, 0.6) is 11.5 Å². The minimum atomic E-state index is -1.02. The molecule has 0 saturated heterocycles. The van der Waals surface area contributed by atoms with Gasteiger partial charge in [-0.3, -0.25) is 9.59 Å². The van der Waals surface area contributed by atoms with Gasteiger partial charge in [0, 0.05) is 11.1 Å². The van der Waals surface area contributed by atoms with Gasteiger partial charge < -0.3 is 24.3 Å². The molecule has 0 atom stereocenters. The van der Waals surface area contributed by atoms with Crippen LogP contribution in [0.3, 0.4) is 0 Å². The number of hydrogen-bond acceptors (Lipinski definition) is 4. The standard InChI is InChI=1S/C35H33F2NO6/c1-23-28(20-35(16-17-35)21-31(39)40)27-7-4-6-25(34(27)38(23)22-32(41)42)13-10-24-11-14-26(15-12-24)43-18-2-3-19-44-30-9-5-8-29(36)33(30)37/h2-15H,16-22H2,1H3,(H,39,40)(H,41,42). The van der Waals surface area contributed by atoms with Gasteiger partial charge in [-0.1, -0.05) is 48.6 Å². The maximum Gasteiger partial charge on any atom is 0.323 e. The zero-order valence-electron chi connectivity index (χ0n) is 24.3. The second-order valence-electron chi connectivity index (χ2n) is 11.1. The van der Waals surface area contributed by atoms with Crippen molar-refractivity contribution >= 4 is 35.0 Å². The fourth-order valence-corrected chi connectivity index (χ4v) is 5.49. The number of hydrogen-bond donors (Lipinski definition) is 2. The molecule has 3 aromatic carbocycles. The summed E-state index contributed by atoms with van der Waals surface area (Å²) < 4.78 is 39.6. The van der Waals surface area contributed by atoms with Gasteiger partial charge >= 0.3 is 11.9 Å². The summed E-state index contributed by atoms with van der Waals surface area (Å²) >= 11 is 0. The Bertz CT molecular complexity index is 1730. The molecule has 7 nitrogen and oxygen atoms in total. The second kappa shape index (κ2) is 13.2. The Morgan fingerprint density at radius 2 is 1.61 bits per heavy atom. The average molecular weight is 602 g/mol. The van der Waals surface area contributed by atoms with Crippen molar-refractivity contribution in [3.8, 4) is 11.5 Å². The molecule has 5 rings (SSSR count). The Labute approximate surface area is 253 Å². The highest BCUT2D eigenvalue weighted by Crippen LogP contribution is 2.52. The molecule has 1 aromatic heterocycles. The number of ether oxygens (including phenoxy) is 2. The fraction of sp³-hybridized carbons (Fsp3) is 0.257. The van der Waals surface area contributed by atoms with E-state index in [1.807, 2.05) is 66.1 Å². The molecule has 9 heteroatoms. The summed E-state index contributed by atoms with van der Waals surface area (Å²) in [6.45, 7) is 2.06. The van der Waals surface area contributed by atoms with Crippen LogP contribution in [-0.4, -0.2) is 39.9 Å². The lowest BCUT2D eigenvalue weighted by Gasteiger charge is -2.13. The number of para-hydroxylation sites is 1. The maximum atomic E-state index is 13.6. The Morgan fingerprint density at radius 3 is 2.30 bits per heavy atom. The first-order valence-corrected chi connectivity index (χ1v) is 14.3. The Balaban J connectivity index is 1.25. The first kappa shape index (κ1) is 30.5. The molecule has 1 fully saturated rings. The van der Waals surface area contributed by atoms with Crippen molar-refractivity contribution in [2.75, 3.05) is 13.2 Å². The predicted octanol–water partition coefficient (Wildman–Crippen LogP) is 7.29. The second-order valence-corrected chi connectivity index (χ2v) is 11.1. The molecule has 2 N–H and O–H groups in total. The molecule has 1 heterocycles. The molecule has 0 spiro atoms. The van der Waals surface area contributed by atoms with Crippen LogP contribution in [0.25, 0.3) is 23.1 Å². The van der Waals surface area contributed by atoms with Gasteiger partial charge in [-0.05, 0) is 84.7 Å². The van der Waals surface area contributed by atoms with Crippen molar-refractivity contribution in [2.24, 2.45) is 5.41 Å². The molecule has 1 aliphatic rings. The van der Waals surface area contributed by atoms with E-state index in [-0.39, 0.29) is 37.3 Å². The Kier molecular flexibility index (Phi) is 9.13. The molecule has 44 heavy (non-hydrogen) atoms. The number of halogens is 2. The highest BCUT2D eigenvalue weighted by atomic mass is 19.2. The van der Waals surface area contributed by atoms with Crippen LogP contribution in [0.4, 0.5) is 8.78 Å². The highest BCUT2D eigenvalue weighted by Gasteiger charge is 2.45. The third kappa shape index (κ3) is 7.16.